The smallest absolute Gasteiger partial charge is 0.218 e. The molecule has 2 aromatic carbocycles. The molecule has 3 aromatic rings. The van der Waals surface area contributed by atoms with Crippen molar-refractivity contribution in [3.8, 4) is 5.69 Å². The number of benzene rings is 2. The molecule has 3 rings (SSSR count). The summed E-state index contributed by atoms with van der Waals surface area (Å²) in [5.74, 6) is 0. The molecule has 0 unspecified atom stereocenters. The number of para-hydroxylation sites is 2. The van der Waals surface area contributed by atoms with Gasteiger partial charge >= 0.3 is 0 Å². The number of hydrogen-bond acceptors (Lipinski definition) is 0. The van der Waals surface area contributed by atoms with Crippen molar-refractivity contribution in [3.05, 3.63) is 72.9 Å². The van der Waals surface area contributed by atoms with Gasteiger partial charge in [-0.15, -0.1) is 0 Å². The molecule has 2 heteroatoms. The molecule has 1 nitrogen and oxygen atoms in total. The molecule has 0 amide bonds. The maximum atomic E-state index is 2.20. The summed E-state index contributed by atoms with van der Waals surface area (Å²) in [5, 5.41) is 1.26. The van der Waals surface area contributed by atoms with Gasteiger partial charge in [0.05, 0.1) is 0 Å². The number of halogens is 1. The Labute approximate surface area is 118 Å². The van der Waals surface area contributed by atoms with Crippen LogP contribution in [0.3, 0.4) is 0 Å². The Balaban J connectivity index is 0.00000108. The maximum absolute atomic E-state index is 2.20. The molecule has 1 heterocycles. The number of aromatic nitrogens is 1. The lowest BCUT2D eigenvalue weighted by Crippen LogP contribution is -3.00. The van der Waals surface area contributed by atoms with Crippen LogP contribution >= 0.6 is 0 Å². The molecule has 17 heavy (non-hydrogen) atoms. The molecule has 0 aliphatic heterocycles. The highest BCUT2D eigenvalue weighted by molar-refractivity contribution is 5.75. The summed E-state index contributed by atoms with van der Waals surface area (Å²) in [4.78, 5) is 0. The van der Waals surface area contributed by atoms with Crippen LogP contribution in [0.15, 0.2) is 72.9 Å². The summed E-state index contributed by atoms with van der Waals surface area (Å²) in [7, 11) is 0. The number of rotatable bonds is 1. The Morgan fingerprint density at radius 3 is 2.12 bits per heavy atom. The van der Waals surface area contributed by atoms with Crippen LogP contribution in [0.5, 0.6) is 0 Å². The number of pyridine rings is 1. The van der Waals surface area contributed by atoms with Gasteiger partial charge in [-0.1, -0.05) is 30.3 Å². The minimum absolute atomic E-state index is 0. The molecule has 0 aliphatic carbocycles. The van der Waals surface area contributed by atoms with E-state index in [1.165, 1.54) is 16.6 Å². The maximum Gasteiger partial charge on any atom is 0.218 e. The molecule has 0 aliphatic rings. The van der Waals surface area contributed by atoms with Crippen LogP contribution in [-0.4, -0.2) is 0 Å². The fourth-order valence-corrected chi connectivity index (χ4v) is 1.97. The number of fused-ring (bicyclic) bond motifs is 1. The van der Waals surface area contributed by atoms with Crippen molar-refractivity contribution in [2.24, 2.45) is 0 Å². The average Bonchev–Trinajstić information content (AvgIpc) is 2.39. The van der Waals surface area contributed by atoms with Crippen LogP contribution in [0.2, 0.25) is 0 Å². The Hall–Kier alpha value is -1.42. The Bertz CT molecular complexity index is 615. The van der Waals surface area contributed by atoms with E-state index in [0.717, 1.165) is 0 Å². The first-order chi connectivity index (χ1) is 7.95. The largest absolute Gasteiger partial charge is 1.00 e. The second-order valence-corrected chi connectivity index (χ2v) is 3.77. The second-order valence-electron chi connectivity index (χ2n) is 3.77. The van der Waals surface area contributed by atoms with E-state index < -0.39 is 0 Å². The lowest BCUT2D eigenvalue weighted by molar-refractivity contribution is -0.567. The molecule has 84 valence electrons. The van der Waals surface area contributed by atoms with Gasteiger partial charge in [0.2, 0.25) is 11.2 Å². The first kappa shape index (κ1) is 12.0. The van der Waals surface area contributed by atoms with Crippen molar-refractivity contribution in [1.82, 2.24) is 0 Å². The van der Waals surface area contributed by atoms with Gasteiger partial charge in [0.1, 0.15) is 0 Å². The van der Waals surface area contributed by atoms with Crippen molar-refractivity contribution >= 4 is 10.9 Å². The molecule has 0 N–H and O–H groups in total. The third kappa shape index (κ3) is 2.31. The Morgan fingerprint density at radius 2 is 1.29 bits per heavy atom. The van der Waals surface area contributed by atoms with Gasteiger partial charge < -0.3 is 24.0 Å². The van der Waals surface area contributed by atoms with Gasteiger partial charge in [-0.25, -0.2) is 0 Å². The molecule has 0 saturated heterocycles. The lowest BCUT2D eigenvalue weighted by atomic mass is 10.2. The topological polar surface area (TPSA) is 3.88 Å². The highest BCUT2D eigenvalue weighted by Gasteiger charge is 2.09. The molecule has 0 saturated carbocycles. The molecule has 0 spiro atoms. The van der Waals surface area contributed by atoms with Crippen LogP contribution in [0.1, 0.15) is 0 Å². The standard InChI is InChI=1S/C15H12N.HI/c1-2-9-14(10-3-1)16-12-6-8-13-7-4-5-11-15(13)16;/h1-12H;1H/q+1;/p-1. The summed E-state index contributed by atoms with van der Waals surface area (Å²) in [6.45, 7) is 0. The minimum atomic E-state index is 0. The van der Waals surface area contributed by atoms with Crippen LogP contribution in [0.4, 0.5) is 0 Å². The van der Waals surface area contributed by atoms with Gasteiger partial charge in [-0.3, -0.25) is 0 Å². The van der Waals surface area contributed by atoms with Gasteiger partial charge in [0.25, 0.3) is 0 Å². The third-order valence-electron chi connectivity index (χ3n) is 2.74. The molecular formula is C15H12IN. The summed E-state index contributed by atoms with van der Waals surface area (Å²) >= 11 is 0. The molecule has 0 atom stereocenters. The van der Waals surface area contributed by atoms with E-state index in [-0.39, 0.29) is 24.0 Å². The monoisotopic (exact) mass is 333 g/mol. The van der Waals surface area contributed by atoms with E-state index in [1.54, 1.807) is 0 Å². The fraction of sp³-hybridized carbons (Fsp3) is 0. The van der Waals surface area contributed by atoms with Crippen molar-refractivity contribution in [2.75, 3.05) is 0 Å². The molecule has 1 aromatic heterocycles. The molecule has 0 fully saturated rings. The lowest BCUT2D eigenvalue weighted by Gasteiger charge is -1.99. The zero-order valence-corrected chi connectivity index (χ0v) is 11.4. The van der Waals surface area contributed by atoms with E-state index in [1.807, 2.05) is 6.07 Å². The van der Waals surface area contributed by atoms with Crippen LogP contribution in [0, 0.1) is 0 Å². The second kappa shape index (κ2) is 5.27. The van der Waals surface area contributed by atoms with E-state index in [9.17, 15) is 0 Å². The fourth-order valence-electron chi connectivity index (χ4n) is 1.97. The first-order valence-electron chi connectivity index (χ1n) is 5.40. The van der Waals surface area contributed by atoms with Crippen molar-refractivity contribution in [3.63, 3.8) is 0 Å². The van der Waals surface area contributed by atoms with E-state index in [4.69, 9.17) is 0 Å². The average molecular weight is 333 g/mol. The van der Waals surface area contributed by atoms with E-state index >= 15 is 0 Å². The normalized spacial score (nSPS) is 9.88. The number of hydrogen-bond donors (Lipinski definition) is 0. The van der Waals surface area contributed by atoms with Crippen molar-refractivity contribution in [1.29, 1.82) is 0 Å². The summed E-state index contributed by atoms with van der Waals surface area (Å²) < 4.78 is 2.20. The predicted octanol–water partition coefficient (Wildman–Crippen LogP) is 0.121. The first-order valence-corrected chi connectivity index (χ1v) is 5.40. The summed E-state index contributed by atoms with van der Waals surface area (Å²) in [6, 6.07) is 23.0. The van der Waals surface area contributed by atoms with Crippen molar-refractivity contribution < 1.29 is 28.5 Å². The van der Waals surface area contributed by atoms with E-state index in [0.29, 0.717) is 0 Å². The molecular weight excluding hydrogens is 321 g/mol. The minimum Gasteiger partial charge on any atom is -1.00 e. The quantitative estimate of drug-likeness (QED) is 0.440. The molecule has 0 bridgehead atoms. The Morgan fingerprint density at radius 1 is 0.647 bits per heavy atom. The predicted molar refractivity (Wildman–Crippen MR) is 65.5 cm³/mol. The number of nitrogens with zero attached hydrogens (tertiary/aromatic N) is 1. The zero-order valence-electron chi connectivity index (χ0n) is 9.25. The van der Waals surface area contributed by atoms with E-state index in [2.05, 4.69) is 71.4 Å². The summed E-state index contributed by atoms with van der Waals surface area (Å²) in [6.07, 6.45) is 2.09. The van der Waals surface area contributed by atoms with Gasteiger partial charge in [0.15, 0.2) is 6.20 Å². The SMILES string of the molecule is [I-].c1ccc(-[n+]2cccc3ccccc32)cc1. The van der Waals surface area contributed by atoms with Gasteiger partial charge in [-0.05, 0) is 12.1 Å². The van der Waals surface area contributed by atoms with Crippen molar-refractivity contribution in [2.45, 2.75) is 0 Å². The van der Waals surface area contributed by atoms with Crippen LogP contribution < -0.4 is 28.5 Å². The highest BCUT2D eigenvalue weighted by Crippen LogP contribution is 2.10. The van der Waals surface area contributed by atoms with Gasteiger partial charge in [-0.2, -0.15) is 4.57 Å². The third-order valence-corrected chi connectivity index (χ3v) is 2.74. The summed E-state index contributed by atoms with van der Waals surface area (Å²) in [5.41, 5.74) is 2.43. The van der Waals surface area contributed by atoms with Crippen LogP contribution in [0.25, 0.3) is 16.6 Å². The van der Waals surface area contributed by atoms with Crippen LogP contribution in [-0.2, 0) is 0 Å². The molecule has 0 radical (unpaired) electrons. The Kier molecular flexibility index (Phi) is 3.74. The highest BCUT2D eigenvalue weighted by atomic mass is 127. The van der Waals surface area contributed by atoms with Gasteiger partial charge in [0, 0.05) is 29.7 Å². The zero-order chi connectivity index (χ0) is 10.8.